The number of hydrogen-bond acceptors (Lipinski definition) is 4. The average molecular weight is 230 g/mol. The van der Waals surface area contributed by atoms with Crippen LogP contribution in [0.4, 0.5) is 5.69 Å². The maximum Gasteiger partial charge on any atom is 0.0263 e. The number of hydroxylamine groups is 3. The van der Waals surface area contributed by atoms with Crippen molar-refractivity contribution in [3.63, 3.8) is 0 Å². The lowest BCUT2D eigenvalue weighted by Crippen LogP contribution is -2.08. The van der Waals surface area contributed by atoms with Gasteiger partial charge in [0.1, 0.15) is 0 Å². The Morgan fingerprint density at radius 3 is 2.24 bits per heavy atom. The summed E-state index contributed by atoms with van der Waals surface area (Å²) in [5.74, 6) is 0. The van der Waals surface area contributed by atoms with Crippen LogP contribution in [0.15, 0.2) is 36.4 Å². The molecule has 0 amide bonds. The van der Waals surface area contributed by atoms with Crippen molar-refractivity contribution in [1.82, 2.24) is 5.06 Å². The molecule has 0 unspecified atom stereocenters. The van der Waals surface area contributed by atoms with Crippen molar-refractivity contribution >= 4 is 16.5 Å². The average Bonchev–Trinajstić information content (AvgIpc) is 2.27. The van der Waals surface area contributed by atoms with Gasteiger partial charge < -0.3 is 20.5 Å². The summed E-state index contributed by atoms with van der Waals surface area (Å²) in [6, 6.07) is 11.3. The van der Waals surface area contributed by atoms with Gasteiger partial charge >= 0.3 is 0 Å². The molecule has 0 aliphatic heterocycles. The van der Waals surface area contributed by atoms with Crippen LogP contribution in [0.25, 0.3) is 10.8 Å². The van der Waals surface area contributed by atoms with Crippen LogP contribution in [0.2, 0.25) is 0 Å². The largest absolute Gasteiger partial charge is 0.785 e. The highest BCUT2D eigenvalue weighted by Gasteiger charge is 1.98. The highest BCUT2D eigenvalue weighted by molar-refractivity contribution is 5.86. The Morgan fingerprint density at radius 2 is 1.59 bits per heavy atom. The van der Waals surface area contributed by atoms with E-state index in [1.54, 1.807) is 6.07 Å². The van der Waals surface area contributed by atoms with Crippen molar-refractivity contribution in [2.45, 2.75) is 6.54 Å². The van der Waals surface area contributed by atoms with Crippen LogP contribution < -0.4 is 5.06 Å². The van der Waals surface area contributed by atoms with E-state index in [1.165, 1.54) is 14.1 Å². The lowest BCUT2D eigenvalue weighted by atomic mass is 10.1. The zero-order valence-electron chi connectivity index (χ0n) is 9.88. The van der Waals surface area contributed by atoms with E-state index in [2.05, 4.69) is 0 Å². The quantitative estimate of drug-likeness (QED) is 0.761. The molecule has 0 fully saturated rings. The minimum Gasteiger partial charge on any atom is -0.785 e. The molecule has 4 heteroatoms. The molecule has 0 saturated carbocycles. The fraction of sp³-hybridized carbons (Fsp3) is 0.231. The SMILES string of the molecule is CN([O-])Cc1ccc2cc(N(C)[O-])ccc2c1. The maximum absolute atomic E-state index is 11.2. The summed E-state index contributed by atoms with van der Waals surface area (Å²) in [4.78, 5) is 0. The summed E-state index contributed by atoms with van der Waals surface area (Å²) in [7, 11) is 2.97. The van der Waals surface area contributed by atoms with Crippen molar-refractivity contribution in [3.8, 4) is 0 Å². The second-order valence-electron chi connectivity index (χ2n) is 4.15. The number of fused-ring (bicyclic) bond motifs is 1. The molecule has 2 aromatic rings. The molecular formula is C13H14N2O2-2. The summed E-state index contributed by atoms with van der Waals surface area (Å²) in [6.45, 7) is 0.374. The Labute approximate surface area is 100 Å². The minimum absolute atomic E-state index is 0.374. The predicted octanol–water partition coefficient (Wildman–Crippen LogP) is 2.70. The van der Waals surface area contributed by atoms with Crippen molar-refractivity contribution in [3.05, 3.63) is 52.4 Å². The van der Waals surface area contributed by atoms with Crippen molar-refractivity contribution < 1.29 is 0 Å². The number of hydrogen-bond donors (Lipinski definition) is 0. The van der Waals surface area contributed by atoms with Gasteiger partial charge in [0.25, 0.3) is 0 Å². The first-order chi connectivity index (χ1) is 8.06. The summed E-state index contributed by atoms with van der Waals surface area (Å²) in [6.07, 6.45) is 0. The molecule has 0 aliphatic carbocycles. The summed E-state index contributed by atoms with van der Waals surface area (Å²) < 4.78 is 0. The van der Waals surface area contributed by atoms with Crippen molar-refractivity contribution in [1.29, 1.82) is 0 Å². The zero-order chi connectivity index (χ0) is 12.4. The second-order valence-corrected chi connectivity index (χ2v) is 4.15. The molecule has 0 saturated heterocycles. The van der Waals surface area contributed by atoms with E-state index in [0.717, 1.165) is 26.5 Å². The molecule has 0 N–H and O–H groups in total. The van der Waals surface area contributed by atoms with Gasteiger partial charge in [-0.3, -0.25) is 0 Å². The first-order valence-electron chi connectivity index (χ1n) is 5.38. The van der Waals surface area contributed by atoms with Gasteiger partial charge in [-0.2, -0.15) is 0 Å². The van der Waals surface area contributed by atoms with E-state index in [9.17, 15) is 10.4 Å². The van der Waals surface area contributed by atoms with E-state index in [0.29, 0.717) is 12.2 Å². The van der Waals surface area contributed by atoms with E-state index in [4.69, 9.17) is 0 Å². The van der Waals surface area contributed by atoms with Gasteiger partial charge in [0.2, 0.25) is 0 Å². The third kappa shape index (κ3) is 2.74. The van der Waals surface area contributed by atoms with Crippen LogP contribution in [0.3, 0.4) is 0 Å². The number of benzene rings is 2. The molecule has 0 aromatic heterocycles. The third-order valence-electron chi connectivity index (χ3n) is 2.66. The topological polar surface area (TPSA) is 52.6 Å². The van der Waals surface area contributed by atoms with Gasteiger partial charge in [-0.05, 0) is 48.6 Å². The highest BCUT2D eigenvalue weighted by Crippen LogP contribution is 2.22. The van der Waals surface area contributed by atoms with Crippen LogP contribution in [0.1, 0.15) is 5.56 Å². The van der Waals surface area contributed by atoms with Gasteiger partial charge in [-0.15, -0.1) is 0 Å². The molecule has 90 valence electrons. The fourth-order valence-electron chi connectivity index (χ4n) is 1.83. The number of rotatable bonds is 3. The smallest absolute Gasteiger partial charge is 0.0263 e. The predicted molar refractivity (Wildman–Crippen MR) is 70.6 cm³/mol. The highest BCUT2D eigenvalue weighted by atomic mass is 16.5. The van der Waals surface area contributed by atoms with E-state index in [-0.39, 0.29) is 0 Å². The Kier molecular flexibility index (Phi) is 3.28. The fourth-order valence-corrected chi connectivity index (χ4v) is 1.83. The maximum atomic E-state index is 11.2. The molecule has 0 radical (unpaired) electrons. The lowest BCUT2D eigenvalue weighted by Gasteiger charge is -2.25. The number of nitrogens with zero attached hydrogens (tertiary/aromatic N) is 2. The van der Waals surface area contributed by atoms with Crippen LogP contribution in [0.5, 0.6) is 0 Å². The molecule has 4 nitrogen and oxygen atoms in total. The van der Waals surface area contributed by atoms with E-state index >= 15 is 0 Å². The van der Waals surface area contributed by atoms with E-state index in [1.807, 2.05) is 30.3 Å². The van der Waals surface area contributed by atoms with Crippen molar-refractivity contribution in [2.75, 3.05) is 19.2 Å². The Bertz CT molecular complexity index is 524. The van der Waals surface area contributed by atoms with Gasteiger partial charge in [0.15, 0.2) is 0 Å². The summed E-state index contributed by atoms with van der Waals surface area (Å²) >= 11 is 0. The number of anilines is 1. The first kappa shape index (κ1) is 11.9. The van der Waals surface area contributed by atoms with Crippen LogP contribution in [-0.2, 0) is 6.54 Å². The van der Waals surface area contributed by atoms with Crippen LogP contribution in [0, 0.1) is 10.4 Å². The molecule has 0 heterocycles. The van der Waals surface area contributed by atoms with Crippen LogP contribution in [-0.4, -0.2) is 19.2 Å². The summed E-state index contributed by atoms with van der Waals surface area (Å²) in [5.41, 5.74) is 1.60. The normalized spacial score (nSPS) is 11.1. The monoisotopic (exact) mass is 230 g/mol. The molecule has 0 aliphatic rings. The molecule has 0 atom stereocenters. The molecule has 2 aromatic carbocycles. The molecule has 17 heavy (non-hydrogen) atoms. The summed E-state index contributed by atoms with van der Waals surface area (Å²) in [5, 5.41) is 25.9. The lowest BCUT2D eigenvalue weighted by molar-refractivity contribution is 0.454. The second kappa shape index (κ2) is 4.71. The standard InChI is InChI=1S/C13H14N2O2/c1-14(16)9-10-3-4-12-8-13(15(2)17)6-5-11(12)7-10/h3-8H,9H2,1-2H3/q-2. The first-order valence-corrected chi connectivity index (χ1v) is 5.38. The van der Waals surface area contributed by atoms with Crippen LogP contribution >= 0.6 is 0 Å². The third-order valence-corrected chi connectivity index (χ3v) is 2.66. The molecule has 2 rings (SSSR count). The van der Waals surface area contributed by atoms with Gasteiger partial charge in [-0.25, -0.2) is 0 Å². The Hall–Kier alpha value is -1.62. The van der Waals surface area contributed by atoms with Gasteiger partial charge in [0.05, 0.1) is 0 Å². The molecular weight excluding hydrogens is 216 g/mol. The Balaban J connectivity index is 2.39. The minimum atomic E-state index is 0.374. The molecule has 0 bridgehead atoms. The van der Waals surface area contributed by atoms with Gasteiger partial charge in [-0.1, -0.05) is 18.2 Å². The zero-order valence-corrected chi connectivity index (χ0v) is 9.88. The van der Waals surface area contributed by atoms with Crippen molar-refractivity contribution in [2.24, 2.45) is 0 Å². The van der Waals surface area contributed by atoms with Gasteiger partial charge in [0, 0.05) is 12.2 Å². The van der Waals surface area contributed by atoms with E-state index < -0.39 is 0 Å². The molecule has 0 spiro atoms. The Morgan fingerprint density at radius 1 is 0.941 bits per heavy atom.